The van der Waals surface area contributed by atoms with Crippen molar-refractivity contribution in [1.29, 1.82) is 0 Å². The SMILES string of the molecule is C[C@@H](Nc1nc2c(S(=O)(=O)c3ccc(Cl)cc3)nnn2c2ccsc12)c1ccc(F)cc1. The molecule has 0 aliphatic heterocycles. The van der Waals surface area contributed by atoms with Gasteiger partial charge >= 0.3 is 0 Å². The molecule has 3 heterocycles. The molecule has 11 heteroatoms. The van der Waals surface area contributed by atoms with E-state index in [0.717, 1.165) is 10.3 Å². The number of thiophene rings is 1. The van der Waals surface area contributed by atoms with E-state index < -0.39 is 9.84 Å². The lowest BCUT2D eigenvalue weighted by Gasteiger charge is -2.16. The van der Waals surface area contributed by atoms with Crippen molar-refractivity contribution < 1.29 is 12.8 Å². The summed E-state index contributed by atoms with van der Waals surface area (Å²) in [5.74, 6) is 0.178. The summed E-state index contributed by atoms with van der Waals surface area (Å²) in [6, 6.07) is 13.6. The maximum atomic E-state index is 13.3. The van der Waals surface area contributed by atoms with Crippen LogP contribution in [0.4, 0.5) is 10.2 Å². The molecule has 0 amide bonds. The van der Waals surface area contributed by atoms with Crippen molar-refractivity contribution in [2.45, 2.75) is 22.9 Å². The van der Waals surface area contributed by atoms with Gasteiger partial charge in [0.2, 0.25) is 14.9 Å². The molecule has 1 atom stereocenters. The first-order valence-corrected chi connectivity index (χ1v) is 12.2. The van der Waals surface area contributed by atoms with Gasteiger partial charge in [0.05, 0.1) is 15.1 Å². The summed E-state index contributed by atoms with van der Waals surface area (Å²) in [6.07, 6.45) is 0. The van der Waals surface area contributed by atoms with Crippen LogP contribution in [0.3, 0.4) is 0 Å². The van der Waals surface area contributed by atoms with Crippen LogP contribution in [0.15, 0.2) is 69.9 Å². The highest BCUT2D eigenvalue weighted by Crippen LogP contribution is 2.33. The van der Waals surface area contributed by atoms with Gasteiger partial charge in [-0.05, 0) is 60.3 Å². The molecule has 0 aliphatic rings. The highest BCUT2D eigenvalue weighted by molar-refractivity contribution is 7.91. The molecule has 162 valence electrons. The molecule has 0 unspecified atom stereocenters. The second kappa shape index (κ2) is 7.80. The van der Waals surface area contributed by atoms with Crippen LogP contribution in [0.25, 0.3) is 15.9 Å². The molecule has 1 N–H and O–H groups in total. The average molecular weight is 488 g/mol. The predicted molar refractivity (Wildman–Crippen MR) is 122 cm³/mol. The third-order valence-electron chi connectivity index (χ3n) is 5.02. The zero-order valence-electron chi connectivity index (χ0n) is 16.5. The summed E-state index contributed by atoms with van der Waals surface area (Å²) in [6.45, 7) is 1.92. The van der Waals surface area contributed by atoms with Crippen molar-refractivity contribution in [2.24, 2.45) is 0 Å². The molecular formula is C21H15ClFN5O2S2. The number of fused-ring (bicyclic) bond motifs is 3. The number of hydrogen-bond donors (Lipinski definition) is 1. The fourth-order valence-electron chi connectivity index (χ4n) is 3.36. The van der Waals surface area contributed by atoms with Gasteiger partial charge in [0, 0.05) is 11.1 Å². The highest BCUT2D eigenvalue weighted by Gasteiger charge is 2.27. The van der Waals surface area contributed by atoms with Gasteiger partial charge in [-0.3, -0.25) is 0 Å². The predicted octanol–water partition coefficient (Wildman–Crippen LogP) is 5.14. The van der Waals surface area contributed by atoms with Crippen LogP contribution in [-0.2, 0) is 9.84 Å². The molecule has 7 nitrogen and oxygen atoms in total. The summed E-state index contributed by atoms with van der Waals surface area (Å²) in [5, 5.41) is 13.4. The van der Waals surface area contributed by atoms with Crippen molar-refractivity contribution >= 4 is 54.5 Å². The zero-order chi connectivity index (χ0) is 22.5. The summed E-state index contributed by atoms with van der Waals surface area (Å²) in [7, 11) is -3.97. The van der Waals surface area contributed by atoms with Crippen molar-refractivity contribution in [3.8, 4) is 0 Å². The molecule has 0 fully saturated rings. The van der Waals surface area contributed by atoms with Gasteiger partial charge < -0.3 is 5.32 Å². The molecule has 32 heavy (non-hydrogen) atoms. The smallest absolute Gasteiger partial charge is 0.229 e. The van der Waals surface area contributed by atoms with Crippen LogP contribution < -0.4 is 5.32 Å². The first kappa shape index (κ1) is 20.8. The second-order valence-electron chi connectivity index (χ2n) is 7.10. The van der Waals surface area contributed by atoms with Gasteiger partial charge in [-0.1, -0.05) is 28.9 Å². The number of hydrogen-bond acceptors (Lipinski definition) is 7. The Bertz CT molecular complexity index is 1550. The monoisotopic (exact) mass is 487 g/mol. The highest BCUT2D eigenvalue weighted by atomic mass is 35.5. The van der Waals surface area contributed by atoms with Gasteiger partial charge in [0.25, 0.3) is 0 Å². The Labute approximate surface area is 191 Å². The molecule has 0 bridgehead atoms. The van der Waals surface area contributed by atoms with E-state index >= 15 is 0 Å². The minimum Gasteiger partial charge on any atom is -0.362 e. The number of nitrogens with zero attached hydrogens (tertiary/aromatic N) is 4. The topological polar surface area (TPSA) is 89.2 Å². The quantitative estimate of drug-likeness (QED) is 0.369. The van der Waals surface area contributed by atoms with Gasteiger partial charge in [0.15, 0.2) is 5.65 Å². The minimum absolute atomic E-state index is 0.0469. The van der Waals surface area contributed by atoms with E-state index in [4.69, 9.17) is 11.6 Å². The number of anilines is 1. The molecule has 0 saturated heterocycles. The van der Waals surface area contributed by atoms with E-state index in [1.54, 1.807) is 12.1 Å². The Kier molecular flexibility index (Phi) is 5.07. The zero-order valence-corrected chi connectivity index (χ0v) is 18.9. The minimum atomic E-state index is -3.97. The number of benzene rings is 2. The van der Waals surface area contributed by atoms with Gasteiger partial charge in [0.1, 0.15) is 11.6 Å². The normalized spacial score (nSPS) is 13.0. The molecule has 0 radical (unpaired) electrons. The van der Waals surface area contributed by atoms with E-state index in [0.29, 0.717) is 16.4 Å². The van der Waals surface area contributed by atoms with E-state index in [1.807, 2.05) is 18.4 Å². The standard InChI is InChI=1S/C21H15ClFN5O2S2/c1-12(13-2-6-15(23)7-3-13)24-19-18-17(10-11-31-18)28-20(25-19)21(26-27-28)32(29,30)16-8-4-14(22)5-9-16/h2-12H,1H3,(H,24,25)/t12-/m1/s1. The van der Waals surface area contributed by atoms with Gasteiger partial charge in [-0.15, -0.1) is 16.4 Å². The lowest BCUT2D eigenvalue weighted by molar-refractivity contribution is 0.592. The van der Waals surface area contributed by atoms with Gasteiger partial charge in [-0.25, -0.2) is 17.8 Å². The molecule has 2 aromatic carbocycles. The number of nitrogens with one attached hydrogen (secondary N) is 1. The number of halogens is 2. The van der Waals surface area contributed by atoms with E-state index in [-0.39, 0.29) is 27.4 Å². The number of sulfone groups is 1. The largest absolute Gasteiger partial charge is 0.362 e. The van der Waals surface area contributed by atoms with Crippen molar-refractivity contribution in [3.05, 3.63) is 76.4 Å². The van der Waals surface area contributed by atoms with Gasteiger partial charge in [-0.2, -0.15) is 4.52 Å². The number of rotatable bonds is 5. The Morgan fingerprint density at radius 3 is 2.53 bits per heavy atom. The van der Waals surface area contributed by atoms with Crippen LogP contribution in [0, 0.1) is 5.82 Å². The third kappa shape index (κ3) is 3.50. The molecule has 0 aliphatic carbocycles. The summed E-state index contributed by atoms with van der Waals surface area (Å²) in [5.41, 5.74) is 1.65. The summed E-state index contributed by atoms with van der Waals surface area (Å²) < 4.78 is 42.0. The molecule has 3 aromatic heterocycles. The Morgan fingerprint density at radius 1 is 1.09 bits per heavy atom. The maximum Gasteiger partial charge on any atom is 0.229 e. The fraction of sp³-hybridized carbons (Fsp3) is 0.0952. The average Bonchev–Trinajstić information content (AvgIpc) is 3.42. The molecule has 5 rings (SSSR count). The van der Waals surface area contributed by atoms with Crippen LogP contribution in [0.5, 0.6) is 0 Å². The number of aromatic nitrogens is 4. The summed E-state index contributed by atoms with van der Waals surface area (Å²) in [4.78, 5) is 4.63. The van der Waals surface area contributed by atoms with Crippen LogP contribution in [-0.4, -0.2) is 28.2 Å². The maximum absolute atomic E-state index is 13.3. The molecular weight excluding hydrogens is 473 g/mol. The molecule has 0 spiro atoms. The lowest BCUT2D eigenvalue weighted by atomic mass is 10.1. The Balaban J connectivity index is 1.64. The van der Waals surface area contributed by atoms with Crippen LogP contribution in [0.2, 0.25) is 5.02 Å². The second-order valence-corrected chi connectivity index (χ2v) is 10.3. The Morgan fingerprint density at radius 2 is 1.81 bits per heavy atom. The van der Waals surface area contributed by atoms with Crippen molar-refractivity contribution in [3.63, 3.8) is 0 Å². The van der Waals surface area contributed by atoms with Crippen molar-refractivity contribution in [2.75, 3.05) is 5.32 Å². The summed E-state index contributed by atoms with van der Waals surface area (Å²) >= 11 is 7.34. The van der Waals surface area contributed by atoms with Crippen LogP contribution >= 0.6 is 22.9 Å². The Hall–Kier alpha value is -3.08. The fourth-order valence-corrected chi connectivity index (χ4v) is 5.55. The molecule has 0 saturated carbocycles. The van der Waals surface area contributed by atoms with Crippen LogP contribution in [0.1, 0.15) is 18.5 Å². The first-order chi connectivity index (χ1) is 15.3. The molecule has 5 aromatic rings. The first-order valence-electron chi connectivity index (χ1n) is 9.50. The van der Waals surface area contributed by atoms with E-state index in [1.165, 1.54) is 52.3 Å². The third-order valence-corrected chi connectivity index (χ3v) is 7.85. The van der Waals surface area contributed by atoms with E-state index in [9.17, 15) is 12.8 Å². The lowest BCUT2D eigenvalue weighted by Crippen LogP contribution is -2.10. The van der Waals surface area contributed by atoms with E-state index in [2.05, 4.69) is 20.6 Å². The van der Waals surface area contributed by atoms with Crippen molar-refractivity contribution in [1.82, 2.24) is 19.8 Å².